The molecule has 1 heterocycles. The first-order chi connectivity index (χ1) is 13.4. The van der Waals surface area contributed by atoms with Crippen LogP contribution in [0.1, 0.15) is 22.7 Å². The average molecular weight is 398 g/mol. The highest BCUT2D eigenvalue weighted by Gasteiger charge is 2.20. The van der Waals surface area contributed by atoms with Gasteiger partial charge in [0, 0.05) is 0 Å². The Morgan fingerprint density at radius 1 is 1.11 bits per heavy atom. The Bertz CT molecular complexity index is 991. The lowest BCUT2D eigenvalue weighted by molar-refractivity contribution is -0.0512. The molecule has 3 aromatic rings. The molecule has 3 rings (SSSR count). The van der Waals surface area contributed by atoms with E-state index in [1.807, 2.05) is 0 Å². The number of fused-ring (bicyclic) bond motifs is 1. The lowest BCUT2D eigenvalue weighted by Gasteiger charge is -2.12. The molecule has 0 atom stereocenters. The number of ether oxygens (including phenoxy) is 3. The van der Waals surface area contributed by atoms with E-state index in [0.717, 1.165) is 12.1 Å². The van der Waals surface area contributed by atoms with Gasteiger partial charge in [-0.25, -0.2) is 9.78 Å². The minimum Gasteiger partial charge on any atom is -0.493 e. The van der Waals surface area contributed by atoms with Crippen LogP contribution in [0, 0.1) is 0 Å². The van der Waals surface area contributed by atoms with Gasteiger partial charge in [-0.05, 0) is 30.3 Å². The summed E-state index contributed by atoms with van der Waals surface area (Å²) in [5.41, 5.74) is 0.515. The Morgan fingerprint density at radius 2 is 1.86 bits per heavy atom. The third-order valence-corrected chi connectivity index (χ3v) is 3.81. The van der Waals surface area contributed by atoms with E-state index in [0.29, 0.717) is 10.1 Å². The monoisotopic (exact) mass is 398 g/mol. The molecule has 0 aliphatic rings. The van der Waals surface area contributed by atoms with Crippen molar-refractivity contribution in [3.8, 4) is 11.5 Å². The number of hydrogen-bond acceptors (Lipinski definition) is 5. The van der Waals surface area contributed by atoms with E-state index < -0.39 is 25.7 Å². The second-order valence-electron chi connectivity index (χ2n) is 5.48. The van der Waals surface area contributed by atoms with Crippen molar-refractivity contribution in [2.45, 2.75) is 19.8 Å². The number of esters is 1. The van der Waals surface area contributed by atoms with Gasteiger partial charge in [-0.2, -0.15) is 17.6 Å². The summed E-state index contributed by atoms with van der Waals surface area (Å²) in [6.07, 6.45) is 0. The van der Waals surface area contributed by atoms with Crippen molar-refractivity contribution in [3.63, 3.8) is 0 Å². The zero-order valence-electron chi connectivity index (χ0n) is 14.4. The number of benzene rings is 2. The Kier molecular flexibility index (Phi) is 5.67. The third-order valence-electron chi connectivity index (χ3n) is 3.81. The first-order valence-corrected chi connectivity index (χ1v) is 7.94. The van der Waals surface area contributed by atoms with Crippen LogP contribution in [0.5, 0.6) is 11.5 Å². The second kappa shape index (κ2) is 8.15. The van der Waals surface area contributed by atoms with E-state index in [1.54, 1.807) is 18.2 Å². The van der Waals surface area contributed by atoms with Crippen molar-refractivity contribution in [1.82, 2.24) is 9.55 Å². The molecule has 0 saturated heterocycles. The third kappa shape index (κ3) is 4.00. The number of rotatable bonds is 7. The SMILES string of the molecule is COc1cc(C(=O)OCc2nc3ccccc3n2C(F)F)ccc1OC(F)F. The molecule has 1 aromatic heterocycles. The van der Waals surface area contributed by atoms with Gasteiger partial charge in [0.15, 0.2) is 17.3 Å². The number of hydrogen-bond donors (Lipinski definition) is 0. The number of aromatic nitrogens is 2. The summed E-state index contributed by atoms with van der Waals surface area (Å²) in [5.74, 6) is -1.35. The van der Waals surface area contributed by atoms with Gasteiger partial charge >= 0.3 is 19.1 Å². The van der Waals surface area contributed by atoms with Crippen LogP contribution in [0.2, 0.25) is 0 Å². The highest BCUT2D eigenvalue weighted by molar-refractivity contribution is 5.90. The van der Waals surface area contributed by atoms with Gasteiger partial charge in [0.2, 0.25) is 0 Å². The Hall–Kier alpha value is -3.30. The molecule has 0 spiro atoms. The van der Waals surface area contributed by atoms with Gasteiger partial charge in [0.05, 0.1) is 23.7 Å². The summed E-state index contributed by atoms with van der Waals surface area (Å²) in [6.45, 7) is -6.43. The molecule has 10 heteroatoms. The molecule has 0 aliphatic heterocycles. The molecule has 0 saturated carbocycles. The lowest BCUT2D eigenvalue weighted by Crippen LogP contribution is -2.11. The van der Waals surface area contributed by atoms with Gasteiger partial charge < -0.3 is 14.2 Å². The van der Waals surface area contributed by atoms with Crippen LogP contribution in [0.3, 0.4) is 0 Å². The van der Waals surface area contributed by atoms with Crippen LogP contribution in [0.15, 0.2) is 42.5 Å². The smallest absolute Gasteiger partial charge is 0.387 e. The van der Waals surface area contributed by atoms with Crippen LogP contribution in [-0.4, -0.2) is 29.2 Å². The fourth-order valence-electron chi connectivity index (χ4n) is 2.62. The molecule has 0 radical (unpaired) electrons. The molecular formula is C18H14F4N2O4. The van der Waals surface area contributed by atoms with Crippen molar-refractivity contribution in [1.29, 1.82) is 0 Å². The fraction of sp³-hybridized carbons (Fsp3) is 0.222. The van der Waals surface area contributed by atoms with Crippen molar-refractivity contribution in [3.05, 3.63) is 53.9 Å². The highest BCUT2D eigenvalue weighted by atomic mass is 19.3. The summed E-state index contributed by atoms with van der Waals surface area (Å²) in [7, 11) is 1.22. The van der Waals surface area contributed by atoms with E-state index in [2.05, 4.69) is 9.72 Å². The molecule has 0 amide bonds. The number of methoxy groups -OCH3 is 1. The largest absolute Gasteiger partial charge is 0.493 e. The molecule has 0 unspecified atom stereocenters. The van der Waals surface area contributed by atoms with E-state index in [4.69, 9.17) is 9.47 Å². The number of carbonyl (C=O) groups excluding carboxylic acids is 1. The van der Waals surface area contributed by atoms with E-state index in [1.165, 1.54) is 19.2 Å². The summed E-state index contributed by atoms with van der Waals surface area (Å²) in [5, 5.41) is 0. The Balaban J connectivity index is 1.79. The summed E-state index contributed by atoms with van der Waals surface area (Å²) >= 11 is 0. The average Bonchev–Trinajstić information content (AvgIpc) is 3.04. The topological polar surface area (TPSA) is 62.6 Å². The second-order valence-corrected chi connectivity index (χ2v) is 5.48. The number of imidazole rings is 1. The van der Waals surface area contributed by atoms with Crippen LogP contribution in [0.4, 0.5) is 17.6 Å². The van der Waals surface area contributed by atoms with Crippen LogP contribution < -0.4 is 9.47 Å². The quantitative estimate of drug-likeness (QED) is 0.436. The number of para-hydroxylation sites is 2. The first-order valence-electron chi connectivity index (χ1n) is 7.94. The highest BCUT2D eigenvalue weighted by Crippen LogP contribution is 2.30. The Labute approximate surface area is 156 Å². The van der Waals surface area contributed by atoms with E-state index in [-0.39, 0.29) is 28.4 Å². The number of alkyl halides is 4. The summed E-state index contributed by atoms with van der Waals surface area (Å²) < 4.78 is 66.4. The molecular weight excluding hydrogens is 384 g/mol. The normalized spacial score (nSPS) is 11.2. The predicted octanol–water partition coefficient (Wildman–Crippen LogP) is 4.40. The van der Waals surface area contributed by atoms with Crippen LogP contribution in [-0.2, 0) is 11.3 Å². The summed E-state index contributed by atoms with van der Waals surface area (Å²) in [6, 6.07) is 9.74. The lowest BCUT2D eigenvalue weighted by atomic mass is 10.2. The zero-order valence-corrected chi connectivity index (χ0v) is 14.4. The van der Waals surface area contributed by atoms with E-state index >= 15 is 0 Å². The number of carbonyl (C=O) groups is 1. The number of nitrogens with zero attached hydrogens (tertiary/aromatic N) is 2. The van der Waals surface area contributed by atoms with Crippen molar-refractivity contribution in [2.75, 3.05) is 7.11 Å². The molecule has 0 N–H and O–H groups in total. The van der Waals surface area contributed by atoms with Gasteiger partial charge in [-0.15, -0.1) is 0 Å². The first kappa shape index (κ1) is 19.5. The van der Waals surface area contributed by atoms with Crippen LogP contribution in [0.25, 0.3) is 11.0 Å². The minimum atomic E-state index is -3.06. The molecule has 0 aliphatic carbocycles. The minimum absolute atomic E-state index is 0.0295. The maximum absolute atomic E-state index is 13.4. The molecule has 0 bridgehead atoms. The van der Waals surface area contributed by atoms with Gasteiger partial charge in [0.25, 0.3) is 0 Å². The van der Waals surface area contributed by atoms with Gasteiger partial charge in [-0.3, -0.25) is 4.57 Å². The van der Waals surface area contributed by atoms with Crippen molar-refractivity contribution >= 4 is 17.0 Å². The number of halogens is 4. The zero-order chi connectivity index (χ0) is 20.3. The maximum atomic E-state index is 13.4. The van der Waals surface area contributed by atoms with Crippen molar-refractivity contribution < 1.29 is 36.6 Å². The molecule has 28 heavy (non-hydrogen) atoms. The molecule has 6 nitrogen and oxygen atoms in total. The fourth-order valence-corrected chi connectivity index (χ4v) is 2.62. The van der Waals surface area contributed by atoms with E-state index in [9.17, 15) is 22.4 Å². The summed E-state index contributed by atoms with van der Waals surface area (Å²) in [4.78, 5) is 16.3. The molecule has 2 aromatic carbocycles. The van der Waals surface area contributed by atoms with Crippen LogP contribution >= 0.6 is 0 Å². The van der Waals surface area contributed by atoms with Gasteiger partial charge in [-0.1, -0.05) is 12.1 Å². The van der Waals surface area contributed by atoms with Crippen molar-refractivity contribution in [2.24, 2.45) is 0 Å². The predicted molar refractivity (Wildman–Crippen MR) is 89.7 cm³/mol. The maximum Gasteiger partial charge on any atom is 0.387 e. The molecule has 0 fully saturated rings. The Morgan fingerprint density at radius 3 is 2.54 bits per heavy atom. The van der Waals surface area contributed by atoms with Gasteiger partial charge in [0.1, 0.15) is 6.61 Å². The standard InChI is InChI=1S/C18H14F4N2O4/c1-26-14-8-10(6-7-13(14)28-18(21)22)16(25)27-9-15-23-11-4-2-3-5-12(11)24(15)17(19)20/h2-8,17-18H,9H2,1H3. The molecule has 148 valence electrons.